The summed E-state index contributed by atoms with van der Waals surface area (Å²) in [4.78, 5) is 6.51. The molecule has 4 nitrogen and oxygen atoms in total. The summed E-state index contributed by atoms with van der Waals surface area (Å²) in [5.74, 6) is 0. The number of hydrogen-bond acceptors (Lipinski definition) is 4. The minimum atomic E-state index is -4.35. The maximum absolute atomic E-state index is 13.7. The van der Waals surface area contributed by atoms with Gasteiger partial charge in [-0.25, -0.2) is 0 Å². The summed E-state index contributed by atoms with van der Waals surface area (Å²) in [6.45, 7) is 9.29. The molecule has 3 rings (SSSR count). The Labute approximate surface area is 190 Å². The molecule has 2 aromatic carbocycles. The zero-order chi connectivity index (χ0) is 23.3. The Morgan fingerprint density at radius 3 is 2.12 bits per heavy atom. The third-order valence-electron chi connectivity index (χ3n) is 6.26. The van der Waals surface area contributed by atoms with Crippen molar-refractivity contribution in [3.63, 3.8) is 0 Å². The monoisotopic (exact) mass is 448 g/mol. The highest BCUT2D eigenvalue weighted by Gasteiger charge is 2.34. The Kier molecular flexibility index (Phi) is 8.20. The lowest BCUT2D eigenvalue weighted by atomic mass is 10.0. The summed E-state index contributed by atoms with van der Waals surface area (Å²) >= 11 is 0. The van der Waals surface area contributed by atoms with Crippen molar-refractivity contribution in [1.82, 2.24) is 15.1 Å². The number of nitrogens with one attached hydrogen (secondary N) is 1. The standard InChI is InChI=1S/C25H35F3N4/c1-19-5-7-21(8-6-19)17-31-11-13-32(14-12-31)18-22-15-23(30(4)16-20(2)29-3)9-10-24(22)25(26,27)28/h5-10,15,20,29H,11-14,16-18H2,1-4H3. The van der Waals surface area contributed by atoms with Crippen molar-refractivity contribution in [2.45, 2.75) is 39.2 Å². The van der Waals surface area contributed by atoms with Crippen LogP contribution >= 0.6 is 0 Å². The van der Waals surface area contributed by atoms with E-state index in [0.717, 1.165) is 45.0 Å². The van der Waals surface area contributed by atoms with E-state index in [1.165, 1.54) is 17.2 Å². The summed E-state index contributed by atoms with van der Waals surface area (Å²) in [6.07, 6.45) is -4.35. The number of halogens is 3. The number of piperazine rings is 1. The Hall–Kier alpha value is -2.09. The van der Waals surface area contributed by atoms with Crippen molar-refractivity contribution >= 4 is 5.69 Å². The second kappa shape index (κ2) is 10.7. The highest BCUT2D eigenvalue weighted by Crippen LogP contribution is 2.34. The lowest BCUT2D eigenvalue weighted by Gasteiger charge is -2.35. The second-order valence-electron chi connectivity index (χ2n) is 8.95. The molecule has 1 aliphatic heterocycles. The van der Waals surface area contributed by atoms with Crippen LogP contribution in [0.5, 0.6) is 0 Å². The number of alkyl halides is 3. The minimum Gasteiger partial charge on any atom is -0.373 e. The minimum absolute atomic E-state index is 0.243. The second-order valence-corrected chi connectivity index (χ2v) is 8.95. The van der Waals surface area contributed by atoms with E-state index < -0.39 is 11.7 Å². The van der Waals surface area contributed by atoms with E-state index >= 15 is 0 Å². The smallest absolute Gasteiger partial charge is 0.373 e. The summed E-state index contributed by atoms with van der Waals surface area (Å²) in [5, 5.41) is 3.17. The largest absolute Gasteiger partial charge is 0.416 e. The maximum atomic E-state index is 13.7. The molecule has 0 radical (unpaired) electrons. The normalized spacial score (nSPS) is 16.8. The summed E-state index contributed by atoms with van der Waals surface area (Å²) in [7, 11) is 3.80. The van der Waals surface area contributed by atoms with Gasteiger partial charge in [0.25, 0.3) is 0 Å². The molecule has 2 aromatic rings. The van der Waals surface area contributed by atoms with Crippen LogP contribution in [0.25, 0.3) is 0 Å². The first-order chi connectivity index (χ1) is 15.2. The number of benzene rings is 2. The van der Waals surface area contributed by atoms with E-state index in [4.69, 9.17) is 0 Å². The number of rotatable bonds is 8. The van der Waals surface area contributed by atoms with Gasteiger partial charge in [-0.3, -0.25) is 9.80 Å². The van der Waals surface area contributed by atoms with Gasteiger partial charge in [0.15, 0.2) is 0 Å². The van der Waals surface area contributed by atoms with E-state index in [2.05, 4.69) is 53.2 Å². The van der Waals surface area contributed by atoms with E-state index in [9.17, 15) is 13.2 Å². The molecule has 0 saturated carbocycles. The van der Waals surface area contributed by atoms with Gasteiger partial charge in [-0.2, -0.15) is 13.2 Å². The van der Waals surface area contributed by atoms with Crippen LogP contribution in [0.4, 0.5) is 18.9 Å². The molecule has 32 heavy (non-hydrogen) atoms. The van der Waals surface area contributed by atoms with Crippen molar-refractivity contribution in [3.05, 3.63) is 64.7 Å². The molecule has 7 heteroatoms. The Balaban J connectivity index is 1.66. The van der Waals surface area contributed by atoms with Gasteiger partial charge >= 0.3 is 6.18 Å². The fourth-order valence-corrected chi connectivity index (χ4v) is 4.13. The Morgan fingerprint density at radius 1 is 0.969 bits per heavy atom. The molecule has 1 saturated heterocycles. The van der Waals surface area contributed by atoms with Crippen LogP contribution in [0.3, 0.4) is 0 Å². The van der Waals surface area contributed by atoms with Crippen LogP contribution in [0.2, 0.25) is 0 Å². The first-order valence-electron chi connectivity index (χ1n) is 11.2. The van der Waals surface area contributed by atoms with E-state index in [1.807, 2.05) is 19.0 Å². The molecular formula is C25H35F3N4. The highest BCUT2D eigenvalue weighted by atomic mass is 19.4. The number of nitrogens with zero attached hydrogens (tertiary/aromatic N) is 3. The van der Waals surface area contributed by atoms with Crippen LogP contribution in [0, 0.1) is 6.92 Å². The van der Waals surface area contributed by atoms with Crippen molar-refractivity contribution < 1.29 is 13.2 Å². The van der Waals surface area contributed by atoms with Gasteiger partial charge in [-0.05, 0) is 50.2 Å². The first-order valence-corrected chi connectivity index (χ1v) is 11.2. The quantitative estimate of drug-likeness (QED) is 0.647. The molecule has 1 fully saturated rings. The average molecular weight is 449 g/mol. The SMILES string of the molecule is CNC(C)CN(C)c1ccc(C(F)(F)F)c(CN2CCN(Cc3ccc(C)cc3)CC2)c1. The van der Waals surface area contributed by atoms with Crippen molar-refractivity contribution in [1.29, 1.82) is 0 Å². The van der Waals surface area contributed by atoms with Gasteiger partial charge in [-0.1, -0.05) is 29.8 Å². The molecule has 1 heterocycles. The van der Waals surface area contributed by atoms with Gasteiger partial charge in [-0.15, -0.1) is 0 Å². The lowest BCUT2D eigenvalue weighted by Crippen LogP contribution is -2.45. The number of hydrogen-bond donors (Lipinski definition) is 1. The molecule has 0 spiro atoms. The van der Waals surface area contributed by atoms with Gasteiger partial charge < -0.3 is 10.2 Å². The summed E-state index contributed by atoms with van der Waals surface area (Å²) in [5.41, 5.74) is 3.15. The van der Waals surface area contributed by atoms with Gasteiger partial charge in [0, 0.05) is 64.6 Å². The van der Waals surface area contributed by atoms with Crippen molar-refractivity contribution in [2.75, 3.05) is 51.7 Å². The molecule has 0 aromatic heterocycles. The highest BCUT2D eigenvalue weighted by molar-refractivity contribution is 5.51. The molecule has 1 N–H and O–H groups in total. The predicted octanol–water partition coefficient (Wildman–Crippen LogP) is 4.38. The van der Waals surface area contributed by atoms with Gasteiger partial charge in [0.05, 0.1) is 5.56 Å². The zero-order valence-corrected chi connectivity index (χ0v) is 19.5. The molecule has 0 aliphatic carbocycles. The molecule has 176 valence electrons. The topological polar surface area (TPSA) is 21.8 Å². The number of likely N-dealkylation sites (N-methyl/N-ethyl adjacent to an activating group) is 2. The van der Waals surface area contributed by atoms with Crippen LogP contribution in [0.15, 0.2) is 42.5 Å². The molecular weight excluding hydrogens is 413 g/mol. The Bertz CT molecular complexity index is 858. The van der Waals surface area contributed by atoms with Crippen molar-refractivity contribution in [2.24, 2.45) is 0 Å². The fraction of sp³-hybridized carbons (Fsp3) is 0.520. The third-order valence-corrected chi connectivity index (χ3v) is 6.26. The maximum Gasteiger partial charge on any atom is 0.416 e. The molecule has 0 amide bonds. The van der Waals surface area contributed by atoms with Gasteiger partial charge in [0.2, 0.25) is 0 Å². The lowest BCUT2D eigenvalue weighted by molar-refractivity contribution is -0.138. The van der Waals surface area contributed by atoms with Crippen LogP contribution in [-0.2, 0) is 19.3 Å². The average Bonchev–Trinajstić information content (AvgIpc) is 2.75. The number of aryl methyl sites for hydroxylation is 1. The first kappa shape index (κ1) is 24.6. The molecule has 1 aliphatic rings. The van der Waals surface area contributed by atoms with Crippen LogP contribution < -0.4 is 10.2 Å². The van der Waals surface area contributed by atoms with Crippen LogP contribution in [0.1, 0.15) is 29.2 Å². The van der Waals surface area contributed by atoms with Crippen molar-refractivity contribution in [3.8, 4) is 0 Å². The predicted molar refractivity (Wildman–Crippen MR) is 125 cm³/mol. The third kappa shape index (κ3) is 6.70. The fourth-order valence-electron chi connectivity index (χ4n) is 4.13. The Morgan fingerprint density at radius 2 is 1.56 bits per heavy atom. The molecule has 0 bridgehead atoms. The van der Waals surface area contributed by atoms with E-state index in [-0.39, 0.29) is 6.04 Å². The zero-order valence-electron chi connectivity index (χ0n) is 19.5. The van der Waals surface area contributed by atoms with Gasteiger partial charge in [0.1, 0.15) is 0 Å². The molecule has 1 atom stereocenters. The van der Waals surface area contributed by atoms with E-state index in [0.29, 0.717) is 12.1 Å². The number of anilines is 1. The van der Waals surface area contributed by atoms with E-state index in [1.54, 1.807) is 12.1 Å². The summed E-state index contributed by atoms with van der Waals surface area (Å²) < 4.78 is 41.0. The summed E-state index contributed by atoms with van der Waals surface area (Å²) in [6, 6.07) is 13.3. The molecule has 1 unspecified atom stereocenters. The van der Waals surface area contributed by atoms with Crippen LogP contribution in [-0.4, -0.2) is 62.7 Å².